The molecule has 3 N–H and O–H groups in total. The lowest BCUT2D eigenvalue weighted by Crippen LogP contribution is -2.61. The molecule has 4 rings (SSSR count). The molecule has 0 radical (unpaired) electrons. The Hall–Kier alpha value is -2.32. The summed E-state index contributed by atoms with van der Waals surface area (Å²) in [5.41, 5.74) is -1.99. The molecule has 0 amide bonds. The number of ether oxygens (including phenoxy) is 1. The predicted octanol–water partition coefficient (Wildman–Crippen LogP) is 1.97. The number of hydrogen-bond acceptors (Lipinski definition) is 7. The van der Waals surface area contributed by atoms with Crippen molar-refractivity contribution in [1.29, 1.82) is 0 Å². The fourth-order valence-electron chi connectivity index (χ4n) is 7.34. The molecule has 180 valence electrons. The minimum Gasteiger partial charge on any atom is -0.481 e. The van der Waals surface area contributed by atoms with Crippen molar-refractivity contribution >= 4 is 23.5 Å². The van der Waals surface area contributed by atoms with Crippen LogP contribution in [0.15, 0.2) is 23.8 Å². The van der Waals surface area contributed by atoms with Crippen LogP contribution in [0.1, 0.15) is 58.8 Å². The largest absolute Gasteiger partial charge is 0.481 e. The third-order valence-electron chi connectivity index (χ3n) is 9.02. The summed E-state index contributed by atoms with van der Waals surface area (Å²) < 4.78 is 4.96. The first-order valence-electron chi connectivity index (χ1n) is 11.7. The lowest BCUT2D eigenvalue weighted by Gasteiger charge is -2.59. The molecule has 0 aromatic rings. The normalized spacial score (nSPS) is 41.5. The summed E-state index contributed by atoms with van der Waals surface area (Å²) in [5.74, 6) is -2.58. The highest BCUT2D eigenvalue weighted by molar-refractivity contribution is 6.01. The number of rotatable bonds is 6. The highest BCUT2D eigenvalue weighted by atomic mass is 16.5. The van der Waals surface area contributed by atoms with Crippen molar-refractivity contribution in [3.8, 4) is 0 Å². The molecule has 7 atom stereocenters. The monoisotopic (exact) mass is 460 g/mol. The number of ketones is 2. The molecular weight excluding hydrogens is 428 g/mol. The zero-order valence-corrected chi connectivity index (χ0v) is 19.1. The van der Waals surface area contributed by atoms with Crippen LogP contribution in [0.5, 0.6) is 0 Å². The van der Waals surface area contributed by atoms with Crippen LogP contribution in [0.3, 0.4) is 0 Å². The number of aliphatic carboxylic acids is 1. The molecule has 0 aliphatic heterocycles. The fourth-order valence-corrected chi connectivity index (χ4v) is 7.34. The van der Waals surface area contributed by atoms with Gasteiger partial charge in [-0.3, -0.25) is 19.2 Å². The van der Waals surface area contributed by atoms with Crippen molar-refractivity contribution in [1.82, 2.24) is 0 Å². The van der Waals surface area contributed by atoms with Gasteiger partial charge in [-0.15, -0.1) is 0 Å². The molecule has 8 nitrogen and oxygen atoms in total. The van der Waals surface area contributed by atoms with Gasteiger partial charge < -0.3 is 20.1 Å². The summed E-state index contributed by atoms with van der Waals surface area (Å²) in [6, 6.07) is 0. The smallest absolute Gasteiger partial charge is 0.306 e. The van der Waals surface area contributed by atoms with Crippen LogP contribution >= 0.6 is 0 Å². The van der Waals surface area contributed by atoms with E-state index < -0.39 is 46.9 Å². The minimum atomic E-state index is -1.73. The third kappa shape index (κ3) is 3.67. The third-order valence-corrected chi connectivity index (χ3v) is 9.02. The van der Waals surface area contributed by atoms with Crippen LogP contribution in [0.2, 0.25) is 0 Å². The first kappa shape index (κ1) is 23.8. The van der Waals surface area contributed by atoms with E-state index in [0.29, 0.717) is 6.42 Å². The summed E-state index contributed by atoms with van der Waals surface area (Å²) in [6.45, 7) is 3.30. The number of carbonyl (C=O) groups excluding carboxylic acids is 3. The average molecular weight is 461 g/mol. The highest BCUT2D eigenvalue weighted by Crippen LogP contribution is 2.67. The fraction of sp³-hybridized carbons (Fsp3) is 0.680. The Kier molecular flexibility index (Phi) is 5.90. The summed E-state index contributed by atoms with van der Waals surface area (Å²) in [5, 5.41) is 31.6. The van der Waals surface area contributed by atoms with Gasteiger partial charge in [-0.1, -0.05) is 25.5 Å². The van der Waals surface area contributed by atoms with E-state index in [4.69, 9.17) is 9.84 Å². The van der Waals surface area contributed by atoms with Crippen LogP contribution < -0.4 is 0 Å². The second-order valence-electron chi connectivity index (χ2n) is 10.6. The lowest BCUT2D eigenvalue weighted by atomic mass is 9.46. The maximum Gasteiger partial charge on any atom is 0.306 e. The van der Waals surface area contributed by atoms with Gasteiger partial charge in [-0.25, -0.2) is 0 Å². The quantitative estimate of drug-likeness (QED) is 0.512. The minimum absolute atomic E-state index is 0.00645. The van der Waals surface area contributed by atoms with E-state index >= 15 is 0 Å². The van der Waals surface area contributed by atoms with Gasteiger partial charge in [0.25, 0.3) is 0 Å². The van der Waals surface area contributed by atoms with Crippen LogP contribution in [0, 0.1) is 28.6 Å². The van der Waals surface area contributed by atoms with Gasteiger partial charge in [0.15, 0.2) is 12.4 Å². The number of allylic oxidation sites excluding steroid dienone is 4. The van der Waals surface area contributed by atoms with Gasteiger partial charge in [0.05, 0.1) is 18.9 Å². The Morgan fingerprint density at radius 3 is 2.61 bits per heavy atom. The number of aliphatic hydroxyl groups is 2. The zero-order valence-electron chi connectivity index (χ0n) is 19.1. The van der Waals surface area contributed by atoms with Crippen molar-refractivity contribution in [3.05, 3.63) is 23.8 Å². The standard InChI is InChI=1S/C25H32O8/c1-23-9-7-15(26)11-14(23)3-4-16-17-8-10-25(32,24(17,2)12-18(27)22(16)23)19(28)13-33-21(31)6-5-20(29)30/h7,9,11,16-18,22,27,32H,3-6,8,10,12-13H2,1-2H3,(H,29,30)/t16-,17-,18-,22+,23?,24?,25-/m0/s1. The van der Waals surface area contributed by atoms with Crippen LogP contribution in [0.25, 0.3) is 0 Å². The molecule has 0 spiro atoms. The molecule has 3 saturated carbocycles. The number of carbonyl (C=O) groups is 4. The Bertz CT molecular complexity index is 950. The number of carboxylic acids is 1. The number of esters is 1. The molecule has 4 aliphatic rings. The molecule has 2 unspecified atom stereocenters. The second kappa shape index (κ2) is 8.17. The summed E-state index contributed by atoms with van der Waals surface area (Å²) in [4.78, 5) is 47.4. The first-order chi connectivity index (χ1) is 15.4. The van der Waals surface area contributed by atoms with E-state index in [1.54, 1.807) is 12.2 Å². The molecule has 0 heterocycles. The van der Waals surface area contributed by atoms with Gasteiger partial charge in [0, 0.05) is 16.7 Å². The Balaban J connectivity index is 1.53. The number of Topliss-reactive ketones (excluding diaryl/α,β-unsaturated/α-hetero) is 1. The molecule has 3 fully saturated rings. The number of hydrogen-bond donors (Lipinski definition) is 3. The van der Waals surface area contributed by atoms with E-state index in [1.807, 2.05) is 13.0 Å². The molecular formula is C25H32O8. The maximum absolute atomic E-state index is 13.1. The average Bonchev–Trinajstić information content (AvgIpc) is 3.02. The number of fused-ring (bicyclic) bond motifs is 5. The predicted molar refractivity (Wildman–Crippen MR) is 116 cm³/mol. The summed E-state index contributed by atoms with van der Waals surface area (Å²) in [7, 11) is 0. The molecule has 8 heteroatoms. The second-order valence-corrected chi connectivity index (χ2v) is 10.6. The van der Waals surface area contributed by atoms with Crippen molar-refractivity contribution in [2.24, 2.45) is 28.6 Å². The van der Waals surface area contributed by atoms with E-state index in [1.165, 1.54) is 0 Å². The lowest BCUT2D eigenvalue weighted by molar-refractivity contribution is -0.181. The van der Waals surface area contributed by atoms with Crippen molar-refractivity contribution < 1.29 is 39.2 Å². The van der Waals surface area contributed by atoms with Crippen LogP contribution in [0.4, 0.5) is 0 Å². The van der Waals surface area contributed by atoms with E-state index in [0.717, 1.165) is 18.4 Å². The summed E-state index contributed by atoms with van der Waals surface area (Å²) in [6.07, 6.45) is 6.27. The van der Waals surface area contributed by atoms with Gasteiger partial charge in [-0.2, -0.15) is 0 Å². The molecule has 4 aliphatic carbocycles. The Labute approximate surface area is 192 Å². The number of carboxylic acid groups (broad SMARTS) is 1. The Morgan fingerprint density at radius 1 is 1.18 bits per heavy atom. The van der Waals surface area contributed by atoms with Gasteiger partial charge in [-0.05, 0) is 56.1 Å². The first-order valence-corrected chi connectivity index (χ1v) is 11.7. The maximum atomic E-state index is 13.1. The number of aliphatic hydroxyl groups excluding tert-OH is 1. The van der Waals surface area contributed by atoms with E-state index in [2.05, 4.69) is 6.92 Å². The SMILES string of the molecule is CC12C=CC(=O)C=C1CC[C@@H]1[C@@H]2[C@@H](O)CC2(C)[C@H]1CC[C@]2(O)C(=O)COC(=O)CCC(=O)O. The van der Waals surface area contributed by atoms with Gasteiger partial charge in [0.2, 0.25) is 5.78 Å². The van der Waals surface area contributed by atoms with Crippen molar-refractivity contribution in [2.45, 2.75) is 70.5 Å². The van der Waals surface area contributed by atoms with Gasteiger partial charge >= 0.3 is 11.9 Å². The van der Waals surface area contributed by atoms with Crippen molar-refractivity contribution in [3.63, 3.8) is 0 Å². The van der Waals surface area contributed by atoms with E-state index in [9.17, 15) is 29.4 Å². The molecule has 0 bridgehead atoms. The molecule has 33 heavy (non-hydrogen) atoms. The molecule has 0 saturated heterocycles. The topological polar surface area (TPSA) is 138 Å². The zero-order chi connectivity index (χ0) is 24.2. The summed E-state index contributed by atoms with van der Waals surface area (Å²) >= 11 is 0. The Morgan fingerprint density at radius 2 is 1.91 bits per heavy atom. The van der Waals surface area contributed by atoms with Gasteiger partial charge in [0.1, 0.15) is 5.60 Å². The van der Waals surface area contributed by atoms with Crippen molar-refractivity contribution in [2.75, 3.05) is 6.61 Å². The molecule has 0 aromatic heterocycles. The van der Waals surface area contributed by atoms with Crippen LogP contribution in [-0.4, -0.2) is 57.1 Å². The highest BCUT2D eigenvalue weighted by Gasteiger charge is 2.68. The molecule has 0 aromatic carbocycles. The van der Waals surface area contributed by atoms with Crippen LogP contribution in [-0.2, 0) is 23.9 Å². The van der Waals surface area contributed by atoms with E-state index in [-0.39, 0.29) is 49.2 Å².